The van der Waals surface area contributed by atoms with Gasteiger partial charge in [0.25, 0.3) is 0 Å². The molecule has 0 bridgehead atoms. The van der Waals surface area contributed by atoms with Gasteiger partial charge in [-0.25, -0.2) is 4.98 Å². The highest BCUT2D eigenvalue weighted by Crippen LogP contribution is 2.21. The number of nitrogens with zero attached hydrogens (tertiary/aromatic N) is 2. The number of hydrogen-bond donors (Lipinski definition) is 2. The molecule has 3 N–H and O–H groups in total. The summed E-state index contributed by atoms with van der Waals surface area (Å²) in [5.41, 5.74) is 5.32. The molecule has 64 valence electrons. The number of fused-ring (bicyclic) bond motifs is 1. The van der Waals surface area contributed by atoms with Crippen LogP contribution in [0.3, 0.4) is 0 Å². The normalized spacial score (nSPS) is 13.8. The summed E-state index contributed by atoms with van der Waals surface area (Å²) in [7, 11) is 0. The molecule has 1 atom stereocenters. The molecule has 0 amide bonds. The Morgan fingerprint density at radius 3 is 3.25 bits per heavy atom. The van der Waals surface area contributed by atoms with Crippen molar-refractivity contribution >= 4 is 16.3 Å². The van der Waals surface area contributed by atoms with Crippen molar-refractivity contribution in [1.82, 2.24) is 9.38 Å². The summed E-state index contributed by atoms with van der Waals surface area (Å²) in [6.45, 7) is 0.254. The summed E-state index contributed by atoms with van der Waals surface area (Å²) in [5.74, 6) is 0. The summed E-state index contributed by atoms with van der Waals surface area (Å²) in [6, 6.07) is 0. The summed E-state index contributed by atoms with van der Waals surface area (Å²) in [4.78, 5) is 5.83. The number of aromatic nitrogens is 2. The first-order chi connectivity index (χ1) is 5.81. The fraction of sp³-hybridized carbons (Fsp3) is 0.286. The molecule has 0 spiro atoms. The van der Waals surface area contributed by atoms with E-state index in [1.54, 1.807) is 6.20 Å². The van der Waals surface area contributed by atoms with Crippen LogP contribution in [0.4, 0.5) is 0 Å². The quantitative estimate of drug-likeness (QED) is 0.707. The van der Waals surface area contributed by atoms with Gasteiger partial charge < -0.3 is 10.8 Å². The lowest BCUT2D eigenvalue weighted by Gasteiger charge is -2.01. The topological polar surface area (TPSA) is 63.5 Å². The lowest BCUT2D eigenvalue weighted by Crippen LogP contribution is -2.09. The molecule has 2 aromatic rings. The zero-order chi connectivity index (χ0) is 8.55. The SMILES string of the molecule is NCC(O)c1cn2ccnc2s1. The van der Waals surface area contributed by atoms with Gasteiger partial charge in [0.1, 0.15) is 6.10 Å². The van der Waals surface area contributed by atoms with Crippen molar-refractivity contribution in [3.05, 3.63) is 23.5 Å². The largest absolute Gasteiger partial charge is 0.386 e. The van der Waals surface area contributed by atoms with Gasteiger partial charge in [-0.15, -0.1) is 0 Å². The van der Waals surface area contributed by atoms with Crippen LogP contribution in [0.15, 0.2) is 18.6 Å². The van der Waals surface area contributed by atoms with Crippen LogP contribution in [0.5, 0.6) is 0 Å². The zero-order valence-electron chi connectivity index (χ0n) is 6.34. The zero-order valence-corrected chi connectivity index (χ0v) is 7.16. The highest BCUT2D eigenvalue weighted by molar-refractivity contribution is 7.17. The molecule has 1 unspecified atom stereocenters. The molecule has 5 heteroatoms. The minimum atomic E-state index is -0.559. The molecule has 0 radical (unpaired) electrons. The van der Waals surface area contributed by atoms with Gasteiger partial charge in [-0.2, -0.15) is 0 Å². The van der Waals surface area contributed by atoms with E-state index in [9.17, 15) is 5.11 Å². The van der Waals surface area contributed by atoms with Gasteiger partial charge >= 0.3 is 0 Å². The van der Waals surface area contributed by atoms with Crippen molar-refractivity contribution < 1.29 is 5.11 Å². The lowest BCUT2D eigenvalue weighted by atomic mass is 10.3. The Balaban J connectivity index is 2.44. The Labute approximate surface area is 73.3 Å². The highest BCUT2D eigenvalue weighted by Gasteiger charge is 2.09. The van der Waals surface area contributed by atoms with Gasteiger partial charge in [-0.1, -0.05) is 11.3 Å². The molecule has 0 aromatic carbocycles. The molecule has 0 fully saturated rings. The van der Waals surface area contributed by atoms with E-state index in [2.05, 4.69) is 4.98 Å². The Hall–Kier alpha value is -0.910. The highest BCUT2D eigenvalue weighted by atomic mass is 32.1. The second kappa shape index (κ2) is 2.85. The van der Waals surface area contributed by atoms with Crippen molar-refractivity contribution in [3.63, 3.8) is 0 Å². The fourth-order valence-electron chi connectivity index (χ4n) is 1.02. The Morgan fingerprint density at radius 2 is 2.58 bits per heavy atom. The third-order valence-electron chi connectivity index (χ3n) is 1.66. The molecular formula is C7H9N3OS. The number of hydrogen-bond acceptors (Lipinski definition) is 4. The van der Waals surface area contributed by atoms with E-state index in [0.29, 0.717) is 0 Å². The maximum absolute atomic E-state index is 9.39. The molecule has 0 aliphatic heterocycles. The van der Waals surface area contributed by atoms with E-state index in [1.165, 1.54) is 11.3 Å². The van der Waals surface area contributed by atoms with Gasteiger partial charge in [-0.05, 0) is 0 Å². The number of thiazole rings is 1. The second-order valence-corrected chi connectivity index (χ2v) is 3.54. The second-order valence-electron chi connectivity index (χ2n) is 2.50. The molecular weight excluding hydrogens is 174 g/mol. The molecule has 2 heterocycles. The van der Waals surface area contributed by atoms with Crippen LogP contribution < -0.4 is 5.73 Å². The van der Waals surface area contributed by atoms with Gasteiger partial charge in [-0.3, -0.25) is 4.40 Å². The average molecular weight is 183 g/mol. The van der Waals surface area contributed by atoms with Crippen molar-refractivity contribution in [3.8, 4) is 0 Å². The third kappa shape index (κ3) is 1.12. The van der Waals surface area contributed by atoms with Gasteiger partial charge in [0.15, 0.2) is 4.96 Å². The first-order valence-corrected chi connectivity index (χ1v) is 4.43. The monoisotopic (exact) mass is 183 g/mol. The molecule has 0 aliphatic rings. The Morgan fingerprint density at radius 1 is 1.75 bits per heavy atom. The molecule has 2 aromatic heterocycles. The van der Waals surface area contributed by atoms with E-state index in [1.807, 2.05) is 16.8 Å². The van der Waals surface area contributed by atoms with Crippen molar-refractivity contribution in [1.29, 1.82) is 0 Å². The Bertz CT molecular complexity index is 352. The minimum Gasteiger partial charge on any atom is -0.386 e. The molecule has 12 heavy (non-hydrogen) atoms. The molecule has 4 nitrogen and oxygen atoms in total. The number of rotatable bonds is 2. The fourth-order valence-corrected chi connectivity index (χ4v) is 1.96. The van der Waals surface area contributed by atoms with Crippen molar-refractivity contribution in [2.24, 2.45) is 5.73 Å². The van der Waals surface area contributed by atoms with Gasteiger partial charge in [0.2, 0.25) is 0 Å². The number of aliphatic hydroxyl groups excluding tert-OH is 1. The predicted molar refractivity (Wildman–Crippen MR) is 47.1 cm³/mol. The summed E-state index contributed by atoms with van der Waals surface area (Å²) in [6.07, 6.45) is 4.87. The summed E-state index contributed by atoms with van der Waals surface area (Å²) >= 11 is 1.46. The van der Waals surface area contributed by atoms with E-state index >= 15 is 0 Å². The maximum atomic E-state index is 9.39. The van der Waals surface area contributed by atoms with Crippen LogP contribution in [0.1, 0.15) is 11.0 Å². The summed E-state index contributed by atoms with van der Waals surface area (Å²) < 4.78 is 1.87. The first-order valence-electron chi connectivity index (χ1n) is 3.62. The summed E-state index contributed by atoms with van der Waals surface area (Å²) in [5, 5.41) is 9.39. The standard InChI is InChI=1S/C7H9N3OS/c8-3-5(11)6-4-10-2-1-9-7(10)12-6/h1-2,4-5,11H,3,8H2. The smallest absolute Gasteiger partial charge is 0.193 e. The average Bonchev–Trinajstić information content (AvgIpc) is 2.60. The van der Waals surface area contributed by atoms with Gasteiger partial charge in [0.05, 0.1) is 4.88 Å². The van der Waals surface area contributed by atoms with Crippen molar-refractivity contribution in [2.75, 3.05) is 6.54 Å². The van der Waals surface area contributed by atoms with Crippen LogP contribution in [0.25, 0.3) is 4.96 Å². The van der Waals surface area contributed by atoms with Crippen LogP contribution in [0.2, 0.25) is 0 Å². The molecule has 0 aliphatic carbocycles. The van der Waals surface area contributed by atoms with E-state index in [-0.39, 0.29) is 6.54 Å². The number of nitrogens with two attached hydrogens (primary N) is 1. The van der Waals surface area contributed by atoms with E-state index in [4.69, 9.17) is 5.73 Å². The molecule has 2 rings (SSSR count). The van der Waals surface area contributed by atoms with Gasteiger partial charge in [0, 0.05) is 25.1 Å². The van der Waals surface area contributed by atoms with Crippen LogP contribution >= 0.6 is 11.3 Å². The number of aliphatic hydroxyl groups is 1. The minimum absolute atomic E-state index is 0.254. The van der Waals surface area contributed by atoms with Crippen LogP contribution in [0, 0.1) is 0 Å². The third-order valence-corrected chi connectivity index (χ3v) is 2.77. The lowest BCUT2D eigenvalue weighted by molar-refractivity contribution is 0.190. The van der Waals surface area contributed by atoms with E-state index in [0.717, 1.165) is 9.84 Å². The van der Waals surface area contributed by atoms with Crippen molar-refractivity contribution in [2.45, 2.75) is 6.10 Å². The van der Waals surface area contributed by atoms with E-state index < -0.39 is 6.10 Å². The predicted octanol–water partition coefficient (Wildman–Crippen LogP) is 0.388. The van der Waals surface area contributed by atoms with Crippen LogP contribution in [-0.4, -0.2) is 21.0 Å². The molecule has 0 saturated carbocycles. The first kappa shape index (κ1) is 7.72. The number of imidazole rings is 1. The maximum Gasteiger partial charge on any atom is 0.193 e. The van der Waals surface area contributed by atoms with Crippen LogP contribution in [-0.2, 0) is 0 Å². The molecule has 0 saturated heterocycles. The Kier molecular flexibility index (Phi) is 1.84.